The van der Waals surface area contributed by atoms with Crippen LogP contribution in [-0.2, 0) is 9.47 Å². The molecule has 3 nitrogen and oxygen atoms in total. The molecule has 4 aliphatic rings. The summed E-state index contributed by atoms with van der Waals surface area (Å²) in [6.07, 6.45) is 6.94. The number of ether oxygens (including phenoxy) is 3. The molecule has 3 aliphatic carbocycles. The van der Waals surface area contributed by atoms with E-state index in [2.05, 4.69) is 32.0 Å². The van der Waals surface area contributed by atoms with Gasteiger partial charge in [-0.1, -0.05) is 25.5 Å². The van der Waals surface area contributed by atoms with E-state index in [0.29, 0.717) is 11.8 Å². The first-order valence-electron chi connectivity index (χ1n) is 10.3. The fourth-order valence-corrected chi connectivity index (χ4v) is 6.66. The van der Waals surface area contributed by atoms with Gasteiger partial charge in [-0.15, -0.1) is 0 Å². The fraction of sp³-hybridized carbons (Fsp3) is 0.652. The van der Waals surface area contributed by atoms with E-state index in [4.69, 9.17) is 14.2 Å². The third kappa shape index (κ3) is 2.02. The van der Waals surface area contributed by atoms with E-state index < -0.39 is 0 Å². The molecule has 3 heteroatoms. The van der Waals surface area contributed by atoms with Crippen molar-refractivity contribution in [1.29, 1.82) is 0 Å². The van der Waals surface area contributed by atoms with Crippen LogP contribution in [0.5, 0.6) is 5.75 Å². The lowest BCUT2D eigenvalue weighted by atomic mass is 9.58. The Morgan fingerprint density at radius 1 is 1.19 bits per heavy atom. The number of hydrogen-bond donors (Lipinski definition) is 0. The van der Waals surface area contributed by atoms with Crippen LogP contribution in [0.4, 0.5) is 0 Å². The van der Waals surface area contributed by atoms with E-state index in [9.17, 15) is 0 Å². The lowest BCUT2D eigenvalue weighted by molar-refractivity contribution is -0.232. The van der Waals surface area contributed by atoms with Crippen molar-refractivity contribution in [2.24, 2.45) is 11.3 Å². The largest absolute Gasteiger partial charge is 0.497 e. The van der Waals surface area contributed by atoms with Gasteiger partial charge in [-0.05, 0) is 72.8 Å². The number of fused-ring (bicyclic) bond motifs is 5. The van der Waals surface area contributed by atoms with Gasteiger partial charge in [-0.25, -0.2) is 0 Å². The molecule has 2 fully saturated rings. The van der Waals surface area contributed by atoms with Gasteiger partial charge in [0.25, 0.3) is 0 Å². The molecular weight excluding hydrogens is 324 g/mol. The van der Waals surface area contributed by atoms with Crippen LogP contribution in [0.15, 0.2) is 23.8 Å². The minimum absolute atomic E-state index is 0.173. The fourth-order valence-electron chi connectivity index (χ4n) is 6.66. The van der Waals surface area contributed by atoms with Crippen molar-refractivity contribution in [3.63, 3.8) is 0 Å². The highest BCUT2D eigenvalue weighted by Gasteiger charge is 2.64. The average Bonchev–Trinajstić information content (AvgIpc) is 3.28. The van der Waals surface area contributed by atoms with E-state index in [-0.39, 0.29) is 11.2 Å². The van der Waals surface area contributed by atoms with Crippen molar-refractivity contribution in [3.8, 4) is 5.75 Å². The van der Waals surface area contributed by atoms with E-state index in [0.717, 1.165) is 38.2 Å². The second kappa shape index (κ2) is 5.84. The molecule has 2 unspecified atom stereocenters. The predicted molar refractivity (Wildman–Crippen MR) is 102 cm³/mol. The van der Waals surface area contributed by atoms with E-state index in [1.165, 1.54) is 30.4 Å². The molecule has 1 aromatic rings. The van der Waals surface area contributed by atoms with Gasteiger partial charge in [0.15, 0.2) is 5.79 Å². The van der Waals surface area contributed by atoms with Crippen LogP contribution in [0.1, 0.15) is 69.4 Å². The van der Waals surface area contributed by atoms with E-state index in [1.54, 1.807) is 18.3 Å². The maximum Gasteiger partial charge on any atom is 0.174 e. The number of methoxy groups -OCH3 is 1. The molecule has 1 aliphatic heterocycles. The van der Waals surface area contributed by atoms with Crippen molar-refractivity contribution in [1.82, 2.24) is 0 Å². The second-order valence-electron chi connectivity index (χ2n) is 8.61. The summed E-state index contributed by atoms with van der Waals surface area (Å²) < 4.78 is 18.1. The van der Waals surface area contributed by atoms with Gasteiger partial charge in [0.05, 0.1) is 20.3 Å². The number of hydrogen-bond acceptors (Lipinski definition) is 3. The van der Waals surface area contributed by atoms with Crippen LogP contribution >= 0.6 is 0 Å². The van der Waals surface area contributed by atoms with Crippen LogP contribution < -0.4 is 4.74 Å². The lowest BCUT2D eigenvalue weighted by Crippen LogP contribution is -2.49. The van der Waals surface area contributed by atoms with Crippen LogP contribution in [0, 0.1) is 11.3 Å². The number of benzene rings is 1. The molecular formula is C23H30O3. The van der Waals surface area contributed by atoms with Crippen molar-refractivity contribution in [2.45, 2.75) is 64.1 Å². The summed E-state index contributed by atoms with van der Waals surface area (Å²) >= 11 is 0. The second-order valence-corrected chi connectivity index (χ2v) is 8.61. The summed E-state index contributed by atoms with van der Waals surface area (Å²) in [5, 5.41) is 0. The van der Waals surface area contributed by atoms with Crippen molar-refractivity contribution in [3.05, 3.63) is 34.9 Å². The Hall–Kier alpha value is -1.32. The Bertz CT molecular complexity index is 759. The molecule has 1 heterocycles. The first-order chi connectivity index (χ1) is 12.6. The molecule has 1 aromatic carbocycles. The smallest absolute Gasteiger partial charge is 0.174 e. The summed E-state index contributed by atoms with van der Waals surface area (Å²) in [4.78, 5) is 0. The molecule has 26 heavy (non-hydrogen) atoms. The lowest BCUT2D eigenvalue weighted by Gasteiger charge is -2.50. The zero-order valence-electron chi connectivity index (χ0n) is 16.3. The number of rotatable bonds is 2. The Kier molecular flexibility index (Phi) is 3.78. The molecule has 0 radical (unpaired) electrons. The van der Waals surface area contributed by atoms with Gasteiger partial charge >= 0.3 is 0 Å². The Morgan fingerprint density at radius 2 is 2.00 bits per heavy atom. The first-order valence-corrected chi connectivity index (χ1v) is 10.3. The Morgan fingerprint density at radius 3 is 2.73 bits per heavy atom. The van der Waals surface area contributed by atoms with Crippen LogP contribution in [-0.4, -0.2) is 26.1 Å². The van der Waals surface area contributed by atoms with Crippen LogP contribution in [0.2, 0.25) is 0 Å². The van der Waals surface area contributed by atoms with Gasteiger partial charge in [-0.3, -0.25) is 0 Å². The zero-order chi connectivity index (χ0) is 17.9. The molecule has 1 saturated heterocycles. The quantitative estimate of drug-likeness (QED) is 0.721. The summed E-state index contributed by atoms with van der Waals surface area (Å²) in [5.41, 5.74) is 6.43. The molecule has 3 atom stereocenters. The maximum absolute atomic E-state index is 6.31. The number of allylic oxidation sites excluding steroid dienone is 2. The highest BCUT2D eigenvalue weighted by molar-refractivity contribution is 5.76. The summed E-state index contributed by atoms with van der Waals surface area (Å²) in [6.45, 7) is 6.25. The molecule has 0 N–H and O–H groups in total. The predicted octanol–water partition coefficient (Wildman–Crippen LogP) is 5.30. The maximum atomic E-state index is 6.31. The van der Waals surface area contributed by atoms with Crippen molar-refractivity contribution < 1.29 is 14.2 Å². The monoisotopic (exact) mass is 354 g/mol. The average molecular weight is 354 g/mol. The molecule has 1 spiro atoms. The zero-order valence-corrected chi connectivity index (χ0v) is 16.3. The van der Waals surface area contributed by atoms with Gasteiger partial charge in [0.2, 0.25) is 0 Å². The standard InChI is InChI=1S/C23H30O3/c1-4-22-9-7-18-17-6-5-16(24-3)14-19(17)15(2)13-20(18)21(22)8-10-23(22)25-11-12-26-23/h5-6,14-15,21H,4,7-13H2,1-3H3/t15?,21-,22?/m0/s1. The third-order valence-electron chi connectivity index (χ3n) is 7.84. The Balaban J connectivity index is 1.62. The topological polar surface area (TPSA) is 27.7 Å². The van der Waals surface area contributed by atoms with Crippen LogP contribution in [0.3, 0.4) is 0 Å². The SMILES string of the molecule is CCC12CCC3=C(CC(C)c4cc(OC)ccc43)[C@@H]1CCC21OCCO1. The summed E-state index contributed by atoms with van der Waals surface area (Å²) in [7, 11) is 1.76. The van der Waals surface area contributed by atoms with Crippen LogP contribution in [0.25, 0.3) is 5.57 Å². The molecule has 1 saturated carbocycles. The highest BCUT2D eigenvalue weighted by Crippen LogP contribution is 2.66. The highest BCUT2D eigenvalue weighted by atomic mass is 16.7. The van der Waals surface area contributed by atoms with Gasteiger partial charge in [0, 0.05) is 11.8 Å². The summed E-state index contributed by atoms with van der Waals surface area (Å²) in [6, 6.07) is 6.68. The molecule has 5 rings (SSSR count). The van der Waals surface area contributed by atoms with Gasteiger partial charge in [-0.2, -0.15) is 0 Å². The first kappa shape index (κ1) is 16.8. The van der Waals surface area contributed by atoms with Crippen molar-refractivity contribution in [2.75, 3.05) is 20.3 Å². The summed E-state index contributed by atoms with van der Waals surface area (Å²) in [5.74, 6) is 1.83. The minimum Gasteiger partial charge on any atom is -0.497 e. The van der Waals surface area contributed by atoms with Gasteiger partial charge < -0.3 is 14.2 Å². The third-order valence-corrected chi connectivity index (χ3v) is 7.84. The Labute approximate surface area is 156 Å². The van der Waals surface area contributed by atoms with E-state index >= 15 is 0 Å². The van der Waals surface area contributed by atoms with Crippen molar-refractivity contribution >= 4 is 5.57 Å². The molecule has 0 bridgehead atoms. The molecule has 0 aromatic heterocycles. The van der Waals surface area contributed by atoms with E-state index in [1.807, 2.05) is 0 Å². The molecule has 0 amide bonds. The normalized spacial score (nSPS) is 34.6. The minimum atomic E-state index is -0.311. The molecule has 140 valence electrons. The van der Waals surface area contributed by atoms with Gasteiger partial charge in [0.1, 0.15) is 5.75 Å².